The van der Waals surface area contributed by atoms with Crippen molar-refractivity contribution in [1.29, 1.82) is 0 Å². The Kier molecular flexibility index (Phi) is 5.45. The summed E-state index contributed by atoms with van der Waals surface area (Å²) >= 11 is 1.72. The van der Waals surface area contributed by atoms with Crippen LogP contribution in [-0.2, 0) is 6.54 Å². The molecular weight excluding hydrogens is 354 g/mol. The monoisotopic (exact) mass is 379 g/mol. The summed E-state index contributed by atoms with van der Waals surface area (Å²) in [5.74, 6) is 0.600. The van der Waals surface area contributed by atoms with Gasteiger partial charge in [-0.05, 0) is 69.1 Å². The molecule has 0 spiro atoms. The zero-order valence-electron chi connectivity index (χ0n) is 15.9. The van der Waals surface area contributed by atoms with Crippen LogP contribution in [0.5, 0.6) is 0 Å². The van der Waals surface area contributed by atoms with Gasteiger partial charge in [-0.15, -0.1) is 11.3 Å². The molecule has 5 nitrogen and oxygen atoms in total. The number of anilines is 2. The predicted octanol–water partition coefficient (Wildman–Crippen LogP) is 4.95. The smallest absolute Gasteiger partial charge is 0.227 e. The molecule has 1 aliphatic rings. The van der Waals surface area contributed by atoms with Crippen LogP contribution in [0.2, 0.25) is 0 Å². The molecule has 0 unspecified atom stereocenters. The second-order valence-electron chi connectivity index (χ2n) is 7.23. The Hall–Kier alpha value is -2.31. The van der Waals surface area contributed by atoms with E-state index >= 15 is 0 Å². The Morgan fingerprint density at radius 2 is 1.78 bits per heavy atom. The normalized spacial score (nSPS) is 15.0. The van der Waals surface area contributed by atoms with Crippen LogP contribution in [0.1, 0.15) is 35.4 Å². The summed E-state index contributed by atoms with van der Waals surface area (Å²) in [6, 6.07) is 8.28. The number of thiazole rings is 1. The highest BCUT2D eigenvalue weighted by molar-refractivity contribution is 7.09. The molecule has 1 aliphatic heterocycles. The molecule has 3 heterocycles. The number of piperidine rings is 1. The molecule has 27 heavy (non-hydrogen) atoms. The van der Waals surface area contributed by atoms with E-state index in [-0.39, 0.29) is 0 Å². The molecule has 0 bridgehead atoms. The van der Waals surface area contributed by atoms with Crippen LogP contribution in [0.15, 0.2) is 35.8 Å². The summed E-state index contributed by atoms with van der Waals surface area (Å²) in [5.41, 5.74) is 5.23. The van der Waals surface area contributed by atoms with Gasteiger partial charge in [0.1, 0.15) is 10.7 Å². The number of nitrogens with one attached hydrogen (secondary N) is 1. The van der Waals surface area contributed by atoms with E-state index in [0.717, 1.165) is 28.6 Å². The molecular formula is C21H25N5S. The van der Waals surface area contributed by atoms with Crippen molar-refractivity contribution in [2.45, 2.75) is 39.7 Å². The van der Waals surface area contributed by atoms with E-state index in [1.165, 1.54) is 43.5 Å². The maximum absolute atomic E-state index is 4.81. The summed E-state index contributed by atoms with van der Waals surface area (Å²) in [7, 11) is 0. The number of likely N-dealkylation sites (tertiary alicyclic amines) is 1. The first-order valence-electron chi connectivity index (χ1n) is 9.51. The first-order valence-corrected chi connectivity index (χ1v) is 10.4. The maximum Gasteiger partial charge on any atom is 0.227 e. The topological polar surface area (TPSA) is 53.9 Å². The van der Waals surface area contributed by atoms with Crippen molar-refractivity contribution in [3.8, 4) is 11.4 Å². The van der Waals surface area contributed by atoms with Gasteiger partial charge in [0.05, 0.1) is 12.2 Å². The molecule has 6 heteroatoms. The van der Waals surface area contributed by atoms with Crippen LogP contribution < -0.4 is 5.32 Å². The van der Waals surface area contributed by atoms with Crippen LogP contribution in [0.3, 0.4) is 0 Å². The first kappa shape index (κ1) is 18.1. The van der Waals surface area contributed by atoms with Gasteiger partial charge < -0.3 is 5.32 Å². The van der Waals surface area contributed by atoms with E-state index in [0.29, 0.717) is 5.95 Å². The van der Waals surface area contributed by atoms with Gasteiger partial charge in [0.2, 0.25) is 5.95 Å². The van der Waals surface area contributed by atoms with Crippen molar-refractivity contribution < 1.29 is 0 Å². The summed E-state index contributed by atoms with van der Waals surface area (Å²) in [6.07, 6.45) is 5.75. The molecule has 4 rings (SSSR count). The highest BCUT2D eigenvalue weighted by Gasteiger charge is 2.14. The molecule has 0 aliphatic carbocycles. The molecule has 2 aromatic heterocycles. The van der Waals surface area contributed by atoms with E-state index in [4.69, 9.17) is 4.98 Å². The van der Waals surface area contributed by atoms with Crippen molar-refractivity contribution in [1.82, 2.24) is 19.9 Å². The second kappa shape index (κ2) is 8.15. The van der Waals surface area contributed by atoms with Crippen molar-refractivity contribution in [2.75, 3.05) is 18.4 Å². The van der Waals surface area contributed by atoms with Gasteiger partial charge in [-0.2, -0.15) is 0 Å². The van der Waals surface area contributed by atoms with E-state index in [2.05, 4.69) is 57.6 Å². The minimum atomic E-state index is 0.600. The molecule has 140 valence electrons. The Bertz CT molecular complexity index is 894. The molecule has 0 amide bonds. The van der Waals surface area contributed by atoms with Crippen molar-refractivity contribution >= 4 is 23.0 Å². The third kappa shape index (κ3) is 4.70. The highest BCUT2D eigenvalue weighted by Crippen LogP contribution is 2.24. The van der Waals surface area contributed by atoms with Gasteiger partial charge >= 0.3 is 0 Å². The fraction of sp³-hybridized carbons (Fsp3) is 0.381. The predicted molar refractivity (Wildman–Crippen MR) is 111 cm³/mol. The SMILES string of the molecule is Cc1cc(C)cc(Nc2nccc(-c3csc(CN4CCCCC4)n3)n2)c1. The van der Waals surface area contributed by atoms with Gasteiger partial charge in [0, 0.05) is 17.3 Å². The minimum Gasteiger partial charge on any atom is -0.324 e. The second-order valence-corrected chi connectivity index (χ2v) is 8.17. The lowest BCUT2D eigenvalue weighted by molar-refractivity contribution is 0.220. The van der Waals surface area contributed by atoms with Gasteiger partial charge in [-0.3, -0.25) is 4.90 Å². The van der Waals surface area contributed by atoms with Gasteiger partial charge in [-0.25, -0.2) is 15.0 Å². The molecule has 0 atom stereocenters. The van der Waals surface area contributed by atoms with Crippen molar-refractivity contribution in [3.05, 3.63) is 52.0 Å². The standard InChI is InChI=1S/C21H25N5S/c1-15-10-16(2)12-17(11-15)23-21-22-7-6-18(25-21)19-14-27-20(24-19)13-26-8-4-3-5-9-26/h6-7,10-12,14H,3-5,8-9,13H2,1-2H3,(H,22,23,25). The third-order valence-corrected chi connectivity index (χ3v) is 5.59. The lowest BCUT2D eigenvalue weighted by atomic mass is 10.1. The quantitative estimate of drug-likeness (QED) is 0.680. The average molecular weight is 380 g/mol. The molecule has 1 N–H and O–H groups in total. The van der Waals surface area contributed by atoms with Crippen LogP contribution in [0, 0.1) is 13.8 Å². The van der Waals surface area contributed by atoms with Crippen LogP contribution in [0.4, 0.5) is 11.6 Å². The average Bonchev–Trinajstić information content (AvgIpc) is 3.10. The summed E-state index contributed by atoms with van der Waals surface area (Å²) in [5, 5.41) is 6.57. The van der Waals surface area contributed by atoms with Gasteiger partial charge in [0.15, 0.2) is 0 Å². The number of hydrogen-bond donors (Lipinski definition) is 1. The zero-order valence-corrected chi connectivity index (χ0v) is 16.7. The van der Waals surface area contributed by atoms with E-state index < -0.39 is 0 Å². The maximum atomic E-state index is 4.81. The molecule has 1 saturated heterocycles. The molecule has 0 saturated carbocycles. The summed E-state index contributed by atoms with van der Waals surface area (Å²) in [4.78, 5) is 16.3. The summed E-state index contributed by atoms with van der Waals surface area (Å²) in [6.45, 7) is 7.51. The number of aromatic nitrogens is 3. The van der Waals surface area contributed by atoms with Crippen LogP contribution in [-0.4, -0.2) is 32.9 Å². The van der Waals surface area contributed by atoms with Crippen molar-refractivity contribution in [3.63, 3.8) is 0 Å². The number of rotatable bonds is 5. The Morgan fingerprint density at radius 3 is 2.56 bits per heavy atom. The fourth-order valence-electron chi connectivity index (χ4n) is 3.55. The van der Waals surface area contributed by atoms with Gasteiger partial charge in [-0.1, -0.05) is 12.5 Å². The molecule has 0 radical (unpaired) electrons. The zero-order chi connectivity index (χ0) is 18.6. The Balaban J connectivity index is 1.49. The summed E-state index contributed by atoms with van der Waals surface area (Å²) < 4.78 is 0. The van der Waals surface area contributed by atoms with Crippen molar-refractivity contribution in [2.24, 2.45) is 0 Å². The number of nitrogens with zero attached hydrogens (tertiary/aromatic N) is 4. The number of hydrogen-bond acceptors (Lipinski definition) is 6. The number of benzene rings is 1. The largest absolute Gasteiger partial charge is 0.324 e. The van der Waals surface area contributed by atoms with E-state index in [1.807, 2.05) is 6.07 Å². The Labute approximate surface area is 164 Å². The number of aryl methyl sites for hydroxylation is 2. The third-order valence-electron chi connectivity index (χ3n) is 4.76. The van der Waals surface area contributed by atoms with E-state index in [9.17, 15) is 0 Å². The first-order chi connectivity index (χ1) is 13.2. The minimum absolute atomic E-state index is 0.600. The van der Waals surface area contributed by atoms with Crippen LogP contribution >= 0.6 is 11.3 Å². The van der Waals surface area contributed by atoms with Crippen LogP contribution in [0.25, 0.3) is 11.4 Å². The fourth-order valence-corrected chi connectivity index (χ4v) is 4.38. The van der Waals surface area contributed by atoms with E-state index in [1.54, 1.807) is 17.5 Å². The van der Waals surface area contributed by atoms with Gasteiger partial charge in [0.25, 0.3) is 0 Å². The highest BCUT2D eigenvalue weighted by atomic mass is 32.1. The lowest BCUT2D eigenvalue weighted by Crippen LogP contribution is -2.28. The molecule has 3 aromatic rings. The molecule has 1 aromatic carbocycles. The Morgan fingerprint density at radius 1 is 1.00 bits per heavy atom. The lowest BCUT2D eigenvalue weighted by Gasteiger charge is -2.25. The molecule has 1 fully saturated rings.